The van der Waals surface area contributed by atoms with E-state index in [4.69, 9.17) is 32.7 Å². The van der Waals surface area contributed by atoms with Gasteiger partial charge in [-0.1, -0.05) is 23.7 Å². The molecular formula is C16H15BrCl2O2. The number of methoxy groups -OCH3 is 2. The van der Waals surface area contributed by atoms with Crippen molar-refractivity contribution in [2.24, 2.45) is 0 Å². The molecule has 0 radical (unpaired) electrons. The molecular weight excluding hydrogens is 375 g/mol. The molecule has 0 bridgehead atoms. The van der Waals surface area contributed by atoms with Crippen molar-refractivity contribution in [3.63, 3.8) is 0 Å². The lowest BCUT2D eigenvalue weighted by Crippen LogP contribution is -2.00. The van der Waals surface area contributed by atoms with Crippen LogP contribution >= 0.6 is 39.1 Å². The Kier molecular flexibility index (Phi) is 5.42. The van der Waals surface area contributed by atoms with Gasteiger partial charge in [0.25, 0.3) is 0 Å². The molecule has 2 aromatic carbocycles. The van der Waals surface area contributed by atoms with Crippen LogP contribution < -0.4 is 9.47 Å². The van der Waals surface area contributed by atoms with Gasteiger partial charge in [-0.3, -0.25) is 0 Å². The SMILES string of the molecule is COc1ccc(C(Cl)c2ccc(C)cc2Cl)c(OC)c1Br. The van der Waals surface area contributed by atoms with Gasteiger partial charge in [0, 0.05) is 10.6 Å². The highest BCUT2D eigenvalue weighted by molar-refractivity contribution is 9.10. The summed E-state index contributed by atoms with van der Waals surface area (Å²) in [6, 6.07) is 9.56. The Bertz CT molecular complexity index is 659. The summed E-state index contributed by atoms with van der Waals surface area (Å²) in [5.41, 5.74) is 2.77. The van der Waals surface area contributed by atoms with E-state index >= 15 is 0 Å². The molecule has 5 heteroatoms. The Balaban J connectivity index is 2.52. The second-order valence-electron chi connectivity index (χ2n) is 4.59. The van der Waals surface area contributed by atoms with Crippen LogP contribution in [-0.4, -0.2) is 14.2 Å². The van der Waals surface area contributed by atoms with Crippen molar-refractivity contribution in [1.29, 1.82) is 0 Å². The fourth-order valence-corrected chi connectivity index (χ4v) is 3.57. The molecule has 21 heavy (non-hydrogen) atoms. The summed E-state index contributed by atoms with van der Waals surface area (Å²) < 4.78 is 11.5. The van der Waals surface area contributed by atoms with Crippen molar-refractivity contribution < 1.29 is 9.47 Å². The van der Waals surface area contributed by atoms with Crippen LogP contribution in [0.5, 0.6) is 11.5 Å². The Morgan fingerprint density at radius 2 is 1.71 bits per heavy atom. The van der Waals surface area contributed by atoms with Gasteiger partial charge in [-0.05, 0) is 52.2 Å². The highest BCUT2D eigenvalue weighted by atomic mass is 79.9. The zero-order valence-corrected chi connectivity index (χ0v) is 15.0. The predicted octanol–water partition coefficient (Wildman–Crippen LogP) is 5.76. The van der Waals surface area contributed by atoms with Crippen molar-refractivity contribution in [2.45, 2.75) is 12.3 Å². The first-order valence-electron chi connectivity index (χ1n) is 6.30. The van der Waals surface area contributed by atoms with Crippen LogP contribution in [0, 0.1) is 6.92 Å². The number of aryl methyl sites for hydroxylation is 1. The summed E-state index contributed by atoms with van der Waals surface area (Å²) in [5.74, 6) is 1.33. The lowest BCUT2D eigenvalue weighted by atomic mass is 10.0. The molecule has 0 aliphatic rings. The van der Waals surface area contributed by atoms with Crippen LogP contribution in [0.2, 0.25) is 5.02 Å². The highest BCUT2D eigenvalue weighted by Crippen LogP contribution is 2.44. The van der Waals surface area contributed by atoms with Gasteiger partial charge < -0.3 is 9.47 Å². The van der Waals surface area contributed by atoms with Gasteiger partial charge in [0.2, 0.25) is 0 Å². The van der Waals surface area contributed by atoms with E-state index in [9.17, 15) is 0 Å². The first-order chi connectivity index (χ1) is 9.99. The van der Waals surface area contributed by atoms with E-state index in [0.29, 0.717) is 16.5 Å². The maximum atomic E-state index is 6.61. The van der Waals surface area contributed by atoms with E-state index in [1.807, 2.05) is 37.3 Å². The monoisotopic (exact) mass is 388 g/mol. The van der Waals surface area contributed by atoms with Gasteiger partial charge in [0.15, 0.2) is 0 Å². The summed E-state index contributed by atoms with van der Waals surface area (Å²) in [7, 11) is 3.21. The highest BCUT2D eigenvalue weighted by Gasteiger charge is 2.21. The average Bonchev–Trinajstić information content (AvgIpc) is 2.46. The minimum Gasteiger partial charge on any atom is -0.495 e. The summed E-state index contributed by atoms with van der Waals surface area (Å²) in [4.78, 5) is 0. The van der Waals surface area contributed by atoms with Gasteiger partial charge >= 0.3 is 0 Å². The molecule has 0 aliphatic carbocycles. The molecule has 0 N–H and O–H groups in total. The Morgan fingerprint density at radius 3 is 2.29 bits per heavy atom. The predicted molar refractivity (Wildman–Crippen MR) is 91.1 cm³/mol. The standard InChI is InChI=1S/C16H15BrCl2O2/c1-9-4-5-10(12(18)8-9)15(19)11-6-7-13(20-2)14(17)16(11)21-3/h4-8,15H,1-3H3. The molecule has 1 unspecified atom stereocenters. The van der Waals surface area contributed by atoms with E-state index in [0.717, 1.165) is 21.2 Å². The first-order valence-corrected chi connectivity index (χ1v) is 7.90. The number of hydrogen-bond acceptors (Lipinski definition) is 2. The van der Waals surface area contributed by atoms with Gasteiger partial charge in [0.1, 0.15) is 16.0 Å². The lowest BCUT2D eigenvalue weighted by Gasteiger charge is -2.18. The van der Waals surface area contributed by atoms with Crippen molar-refractivity contribution in [1.82, 2.24) is 0 Å². The average molecular weight is 390 g/mol. The molecule has 2 nitrogen and oxygen atoms in total. The molecule has 0 heterocycles. The van der Waals surface area contributed by atoms with Crippen molar-refractivity contribution in [2.75, 3.05) is 14.2 Å². The maximum absolute atomic E-state index is 6.61. The molecule has 2 aromatic rings. The van der Waals surface area contributed by atoms with E-state index in [1.165, 1.54) is 0 Å². The van der Waals surface area contributed by atoms with E-state index in [2.05, 4.69) is 15.9 Å². The molecule has 0 aliphatic heterocycles. The van der Waals surface area contributed by atoms with Crippen molar-refractivity contribution >= 4 is 39.1 Å². The fourth-order valence-electron chi connectivity index (χ4n) is 2.12. The normalized spacial score (nSPS) is 12.1. The number of hydrogen-bond donors (Lipinski definition) is 0. The van der Waals surface area contributed by atoms with Gasteiger partial charge in [0.05, 0.1) is 19.6 Å². The number of halogens is 3. The van der Waals surface area contributed by atoms with Gasteiger partial charge in [-0.2, -0.15) is 0 Å². The van der Waals surface area contributed by atoms with Crippen LogP contribution in [-0.2, 0) is 0 Å². The number of rotatable bonds is 4. The minimum absolute atomic E-state index is 0.407. The van der Waals surface area contributed by atoms with Crippen LogP contribution in [0.1, 0.15) is 22.1 Å². The summed E-state index contributed by atoms with van der Waals surface area (Å²) >= 11 is 16.4. The minimum atomic E-state index is -0.407. The van der Waals surface area contributed by atoms with Crippen molar-refractivity contribution in [3.8, 4) is 11.5 Å². The first kappa shape index (κ1) is 16.5. The molecule has 112 valence electrons. The summed E-state index contributed by atoms with van der Waals surface area (Å²) in [6.07, 6.45) is 0. The molecule has 2 rings (SSSR count). The number of ether oxygens (including phenoxy) is 2. The van der Waals surface area contributed by atoms with Crippen LogP contribution in [0.3, 0.4) is 0 Å². The third-order valence-corrected chi connectivity index (χ3v) is 4.77. The molecule has 0 fully saturated rings. The summed E-state index contributed by atoms with van der Waals surface area (Å²) in [5, 5.41) is 0.235. The third-order valence-electron chi connectivity index (χ3n) is 3.22. The topological polar surface area (TPSA) is 18.5 Å². The third kappa shape index (κ3) is 3.31. The Morgan fingerprint density at radius 1 is 1.05 bits per heavy atom. The zero-order chi connectivity index (χ0) is 15.6. The molecule has 0 saturated carbocycles. The van der Waals surface area contributed by atoms with Gasteiger partial charge in [-0.15, -0.1) is 11.6 Å². The Hall–Kier alpha value is -0.900. The number of alkyl halides is 1. The lowest BCUT2D eigenvalue weighted by molar-refractivity contribution is 0.386. The maximum Gasteiger partial charge on any atom is 0.141 e. The van der Waals surface area contributed by atoms with Crippen molar-refractivity contribution in [3.05, 3.63) is 56.5 Å². The molecule has 0 aromatic heterocycles. The zero-order valence-electron chi connectivity index (χ0n) is 11.9. The number of benzene rings is 2. The van der Waals surface area contributed by atoms with E-state index in [-0.39, 0.29) is 0 Å². The van der Waals surface area contributed by atoms with Gasteiger partial charge in [-0.25, -0.2) is 0 Å². The van der Waals surface area contributed by atoms with E-state index in [1.54, 1.807) is 14.2 Å². The largest absolute Gasteiger partial charge is 0.495 e. The second kappa shape index (κ2) is 6.91. The molecule has 0 spiro atoms. The fraction of sp³-hybridized carbons (Fsp3) is 0.250. The van der Waals surface area contributed by atoms with E-state index < -0.39 is 5.38 Å². The molecule has 0 amide bonds. The molecule has 1 atom stereocenters. The Labute approximate surface area is 143 Å². The van der Waals surface area contributed by atoms with Crippen LogP contribution in [0.25, 0.3) is 0 Å². The summed E-state index contributed by atoms with van der Waals surface area (Å²) in [6.45, 7) is 1.99. The second-order valence-corrected chi connectivity index (χ2v) is 6.23. The van der Waals surface area contributed by atoms with Crippen LogP contribution in [0.15, 0.2) is 34.8 Å². The van der Waals surface area contributed by atoms with Crippen LogP contribution in [0.4, 0.5) is 0 Å². The molecule has 0 saturated heterocycles. The smallest absolute Gasteiger partial charge is 0.141 e. The quantitative estimate of drug-likeness (QED) is 0.619.